The maximum Gasteiger partial charge on any atom is 0.0153 e. The van der Waals surface area contributed by atoms with Crippen LogP contribution in [0.4, 0.5) is 0 Å². The third-order valence-electron chi connectivity index (χ3n) is 3.49. The second kappa shape index (κ2) is 4.80. The van der Waals surface area contributed by atoms with E-state index in [0.717, 1.165) is 6.54 Å². The molecule has 0 aliphatic heterocycles. The van der Waals surface area contributed by atoms with Crippen LogP contribution >= 0.6 is 0 Å². The first-order valence-corrected chi connectivity index (χ1v) is 6.07. The fraction of sp³-hybridized carbons (Fsp3) is 0.571. The number of hydrogen-bond donors (Lipinski definition) is 1. The Kier molecular flexibility index (Phi) is 3.42. The van der Waals surface area contributed by atoms with Gasteiger partial charge in [-0.25, -0.2) is 0 Å². The molecule has 1 saturated carbocycles. The van der Waals surface area contributed by atoms with Crippen LogP contribution in [0.25, 0.3) is 0 Å². The molecule has 0 unspecified atom stereocenters. The molecule has 0 spiro atoms. The van der Waals surface area contributed by atoms with Gasteiger partial charge in [0.25, 0.3) is 0 Å². The van der Waals surface area contributed by atoms with Crippen LogP contribution in [0.15, 0.2) is 30.3 Å². The van der Waals surface area contributed by atoms with Crippen LogP contribution < -0.4 is 5.32 Å². The van der Waals surface area contributed by atoms with Crippen molar-refractivity contribution in [2.75, 3.05) is 6.54 Å². The van der Waals surface area contributed by atoms with Crippen molar-refractivity contribution in [1.29, 1.82) is 0 Å². The molecule has 0 bridgehead atoms. The molecule has 0 radical (unpaired) electrons. The van der Waals surface area contributed by atoms with Crippen molar-refractivity contribution < 1.29 is 0 Å². The Morgan fingerprint density at radius 3 is 2.53 bits per heavy atom. The Hall–Kier alpha value is -0.820. The molecular formula is C14H21N. The highest BCUT2D eigenvalue weighted by molar-refractivity contribution is 5.14. The number of hydrogen-bond acceptors (Lipinski definition) is 1. The van der Waals surface area contributed by atoms with Crippen molar-refractivity contribution in [3.8, 4) is 0 Å². The van der Waals surface area contributed by atoms with E-state index in [9.17, 15) is 0 Å². The standard InChI is InChI=1S/C14H21N/c1-14(10-6-11-14)15-12-5-9-13-7-3-2-4-8-13/h2-4,7-8,15H,5-6,9-12H2,1H3. The third-order valence-corrected chi connectivity index (χ3v) is 3.49. The summed E-state index contributed by atoms with van der Waals surface area (Å²) in [7, 11) is 0. The number of aryl methyl sites for hydroxylation is 1. The van der Waals surface area contributed by atoms with Gasteiger partial charge in [-0.05, 0) is 51.1 Å². The largest absolute Gasteiger partial charge is 0.312 e. The van der Waals surface area contributed by atoms with E-state index >= 15 is 0 Å². The van der Waals surface area contributed by atoms with Gasteiger partial charge in [0.15, 0.2) is 0 Å². The fourth-order valence-electron chi connectivity index (χ4n) is 2.21. The molecule has 0 amide bonds. The van der Waals surface area contributed by atoms with Gasteiger partial charge in [-0.3, -0.25) is 0 Å². The molecule has 1 N–H and O–H groups in total. The zero-order valence-corrected chi connectivity index (χ0v) is 9.63. The summed E-state index contributed by atoms with van der Waals surface area (Å²) in [5, 5.41) is 3.67. The maximum absolute atomic E-state index is 3.67. The lowest BCUT2D eigenvalue weighted by atomic mass is 9.78. The van der Waals surface area contributed by atoms with Crippen molar-refractivity contribution in [1.82, 2.24) is 5.32 Å². The topological polar surface area (TPSA) is 12.0 Å². The predicted octanol–water partition coefficient (Wildman–Crippen LogP) is 3.15. The molecule has 0 aromatic heterocycles. The lowest BCUT2D eigenvalue weighted by Gasteiger charge is -2.39. The third kappa shape index (κ3) is 3.07. The zero-order chi connectivity index (χ0) is 10.6. The SMILES string of the molecule is CC1(NCCCc2ccccc2)CCC1. The summed E-state index contributed by atoms with van der Waals surface area (Å²) in [6.45, 7) is 3.50. The summed E-state index contributed by atoms with van der Waals surface area (Å²) in [5.74, 6) is 0. The lowest BCUT2D eigenvalue weighted by Crippen LogP contribution is -2.48. The van der Waals surface area contributed by atoms with Crippen molar-refractivity contribution in [2.24, 2.45) is 0 Å². The molecule has 2 rings (SSSR count). The molecule has 1 aliphatic carbocycles. The van der Waals surface area contributed by atoms with Crippen molar-refractivity contribution in [3.05, 3.63) is 35.9 Å². The van der Waals surface area contributed by atoms with E-state index in [2.05, 4.69) is 42.6 Å². The first-order valence-electron chi connectivity index (χ1n) is 6.07. The van der Waals surface area contributed by atoms with E-state index in [1.54, 1.807) is 0 Å². The van der Waals surface area contributed by atoms with Crippen LogP contribution in [0.3, 0.4) is 0 Å². The predicted molar refractivity (Wildman–Crippen MR) is 65.0 cm³/mol. The highest BCUT2D eigenvalue weighted by Crippen LogP contribution is 2.30. The lowest BCUT2D eigenvalue weighted by molar-refractivity contribution is 0.209. The van der Waals surface area contributed by atoms with Gasteiger partial charge >= 0.3 is 0 Å². The monoisotopic (exact) mass is 203 g/mol. The highest BCUT2D eigenvalue weighted by Gasteiger charge is 2.30. The van der Waals surface area contributed by atoms with E-state index in [1.807, 2.05) is 0 Å². The molecular weight excluding hydrogens is 182 g/mol. The second-order valence-electron chi connectivity index (χ2n) is 4.93. The van der Waals surface area contributed by atoms with Crippen molar-refractivity contribution in [3.63, 3.8) is 0 Å². The minimum absolute atomic E-state index is 0.469. The zero-order valence-electron chi connectivity index (χ0n) is 9.63. The quantitative estimate of drug-likeness (QED) is 0.725. The first-order chi connectivity index (χ1) is 7.29. The van der Waals surface area contributed by atoms with Gasteiger partial charge < -0.3 is 5.32 Å². The molecule has 1 heteroatoms. The summed E-state index contributed by atoms with van der Waals surface area (Å²) in [4.78, 5) is 0. The first kappa shape index (κ1) is 10.7. The van der Waals surface area contributed by atoms with Crippen LogP contribution in [0, 0.1) is 0 Å². The van der Waals surface area contributed by atoms with E-state index in [1.165, 1.54) is 37.7 Å². The highest BCUT2D eigenvalue weighted by atomic mass is 15.0. The Morgan fingerprint density at radius 1 is 1.20 bits per heavy atom. The molecule has 1 nitrogen and oxygen atoms in total. The summed E-state index contributed by atoms with van der Waals surface area (Å²) >= 11 is 0. The molecule has 0 saturated heterocycles. The van der Waals surface area contributed by atoms with Gasteiger partial charge in [-0.2, -0.15) is 0 Å². The van der Waals surface area contributed by atoms with E-state index < -0.39 is 0 Å². The Labute approximate surface area is 92.9 Å². The molecule has 1 fully saturated rings. The van der Waals surface area contributed by atoms with Crippen molar-refractivity contribution >= 4 is 0 Å². The molecule has 1 aromatic carbocycles. The molecule has 0 heterocycles. The van der Waals surface area contributed by atoms with Gasteiger partial charge in [0, 0.05) is 5.54 Å². The Balaban J connectivity index is 1.63. The van der Waals surface area contributed by atoms with Crippen LogP contribution in [-0.4, -0.2) is 12.1 Å². The molecule has 0 atom stereocenters. The average molecular weight is 203 g/mol. The smallest absolute Gasteiger partial charge is 0.0153 e. The summed E-state index contributed by atoms with van der Waals surface area (Å²) in [6, 6.07) is 10.7. The van der Waals surface area contributed by atoms with Gasteiger partial charge in [-0.1, -0.05) is 30.3 Å². The summed E-state index contributed by atoms with van der Waals surface area (Å²) in [5.41, 5.74) is 1.93. The number of nitrogens with one attached hydrogen (secondary N) is 1. The van der Waals surface area contributed by atoms with Gasteiger partial charge in [0.05, 0.1) is 0 Å². The van der Waals surface area contributed by atoms with Crippen LogP contribution in [0.1, 0.15) is 38.2 Å². The van der Waals surface area contributed by atoms with Gasteiger partial charge in [0.1, 0.15) is 0 Å². The van der Waals surface area contributed by atoms with Crippen molar-refractivity contribution in [2.45, 2.75) is 44.6 Å². The minimum Gasteiger partial charge on any atom is -0.312 e. The molecule has 1 aliphatic rings. The second-order valence-corrected chi connectivity index (χ2v) is 4.93. The number of rotatable bonds is 5. The molecule has 15 heavy (non-hydrogen) atoms. The average Bonchev–Trinajstić information content (AvgIpc) is 2.23. The fourth-order valence-corrected chi connectivity index (χ4v) is 2.21. The van der Waals surface area contributed by atoms with Crippen LogP contribution in [-0.2, 0) is 6.42 Å². The van der Waals surface area contributed by atoms with E-state index in [-0.39, 0.29) is 0 Å². The Morgan fingerprint density at radius 2 is 1.93 bits per heavy atom. The van der Waals surface area contributed by atoms with Crippen LogP contribution in [0.5, 0.6) is 0 Å². The Bertz CT molecular complexity index is 287. The molecule has 1 aromatic rings. The minimum atomic E-state index is 0.469. The summed E-state index contributed by atoms with van der Waals surface area (Å²) in [6.07, 6.45) is 6.57. The van der Waals surface area contributed by atoms with Gasteiger partial charge in [-0.15, -0.1) is 0 Å². The normalized spacial score (nSPS) is 18.5. The van der Waals surface area contributed by atoms with E-state index in [4.69, 9.17) is 0 Å². The summed E-state index contributed by atoms with van der Waals surface area (Å²) < 4.78 is 0. The maximum atomic E-state index is 3.67. The van der Waals surface area contributed by atoms with E-state index in [0.29, 0.717) is 5.54 Å². The van der Waals surface area contributed by atoms with Gasteiger partial charge in [0.2, 0.25) is 0 Å². The number of benzene rings is 1. The molecule has 82 valence electrons. The van der Waals surface area contributed by atoms with Crippen LogP contribution in [0.2, 0.25) is 0 Å².